The first kappa shape index (κ1) is 15.1. The second-order valence-corrected chi connectivity index (χ2v) is 5.26. The highest BCUT2D eigenvalue weighted by Gasteiger charge is 2.08. The van der Waals surface area contributed by atoms with Gasteiger partial charge in [-0.2, -0.15) is 0 Å². The van der Waals surface area contributed by atoms with Crippen LogP contribution in [0.15, 0.2) is 29.2 Å². The number of aromatic nitrogens is 1. The fourth-order valence-electron chi connectivity index (χ4n) is 1.98. The largest absolute Gasteiger partial charge is 0.359 e. The highest BCUT2D eigenvalue weighted by atomic mass is 16.2. The molecule has 0 atom stereocenters. The maximum atomic E-state index is 12.3. The zero-order valence-corrected chi connectivity index (χ0v) is 12.5. The summed E-state index contributed by atoms with van der Waals surface area (Å²) >= 11 is 0. The molecule has 0 fully saturated rings. The van der Waals surface area contributed by atoms with Gasteiger partial charge in [0.05, 0.1) is 0 Å². The molecule has 0 unspecified atom stereocenters. The second-order valence-electron chi connectivity index (χ2n) is 5.26. The van der Waals surface area contributed by atoms with Crippen LogP contribution in [-0.4, -0.2) is 43.1 Å². The molecule has 1 heterocycles. The van der Waals surface area contributed by atoms with Crippen LogP contribution in [0.3, 0.4) is 0 Å². The molecule has 6 nitrogen and oxygen atoms in total. The lowest BCUT2D eigenvalue weighted by atomic mass is 10.1. The fraction of sp³-hybridized carbons (Fsp3) is 0.333. The van der Waals surface area contributed by atoms with E-state index in [1.807, 2.05) is 44.1 Å². The van der Waals surface area contributed by atoms with Crippen LogP contribution < -0.4 is 16.1 Å². The van der Waals surface area contributed by atoms with Crippen LogP contribution in [0.5, 0.6) is 0 Å². The first-order valence-electron chi connectivity index (χ1n) is 6.79. The number of urea groups is 1. The molecule has 0 spiro atoms. The van der Waals surface area contributed by atoms with Gasteiger partial charge in [0.2, 0.25) is 5.43 Å². The molecule has 21 heavy (non-hydrogen) atoms. The van der Waals surface area contributed by atoms with Crippen molar-refractivity contribution in [3.8, 4) is 0 Å². The monoisotopic (exact) mass is 288 g/mol. The minimum atomic E-state index is -0.380. The van der Waals surface area contributed by atoms with Crippen molar-refractivity contribution in [3.63, 3.8) is 0 Å². The molecule has 0 aliphatic carbocycles. The first-order valence-corrected chi connectivity index (χ1v) is 6.79. The van der Waals surface area contributed by atoms with Crippen molar-refractivity contribution >= 4 is 22.6 Å². The van der Waals surface area contributed by atoms with Crippen LogP contribution in [0.25, 0.3) is 10.9 Å². The molecule has 2 rings (SSSR count). The molecule has 0 bridgehead atoms. The summed E-state index contributed by atoms with van der Waals surface area (Å²) in [5.74, 6) is 0. The molecular formula is C15H20N4O2. The van der Waals surface area contributed by atoms with Gasteiger partial charge in [-0.1, -0.05) is 11.6 Å². The Morgan fingerprint density at radius 2 is 2.10 bits per heavy atom. The lowest BCUT2D eigenvalue weighted by Crippen LogP contribution is -2.35. The zero-order chi connectivity index (χ0) is 15.4. The van der Waals surface area contributed by atoms with Crippen LogP contribution in [-0.2, 0) is 0 Å². The summed E-state index contributed by atoms with van der Waals surface area (Å²) in [7, 11) is 3.85. The SMILES string of the molecule is Cc1ccc2[nH]cc(NC(=O)NCCN(C)C)c(=O)c2c1. The van der Waals surface area contributed by atoms with Crippen molar-refractivity contribution in [2.24, 2.45) is 0 Å². The van der Waals surface area contributed by atoms with E-state index in [1.54, 1.807) is 0 Å². The maximum absolute atomic E-state index is 12.3. The van der Waals surface area contributed by atoms with E-state index in [0.29, 0.717) is 11.9 Å². The van der Waals surface area contributed by atoms with Gasteiger partial charge in [0.25, 0.3) is 0 Å². The molecule has 112 valence electrons. The molecule has 3 N–H and O–H groups in total. The number of fused-ring (bicyclic) bond motifs is 1. The van der Waals surface area contributed by atoms with Crippen molar-refractivity contribution in [2.45, 2.75) is 6.92 Å². The summed E-state index contributed by atoms with van der Waals surface area (Å²) in [5.41, 5.74) is 1.82. The number of aryl methyl sites for hydroxylation is 1. The molecular weight excluding hydrogens is 268 g/mol. The van der Waals surface area contributed by atoms with Gasteiger partial charge in [0.15, 0.2) is 0 Å². The number of pyridine rings is 1. The Labute approximate surface area is 123 Å². The highest BCUT2D eigenvalue weighted by Crippen LogP contribution is 2.12. The van der Waals surface area contributed by atoms with E-state index in [-0.39, 0.29) is 17.1 Å². The number of benzene rings is 1. The molecule has 0 saturated carbocycles. The first-order chi connectivity index (χ1) is 9.97. The number of amides is 2. The Morgan fingerprint density at radius 1 is 1.33 bits per heavy atom. The average molecular weight is 288 g/mol. The maximum Gasteiger partial charge on any atom is 0.319 e. The summed E-state index contributed by atoms with van der Waals surface area (Å²) < 4.78 is 0. The number of likely N-dealkylation sites (N-methyl/N-ethyl adjacent to an activating group) is 1. The van der Waals surface area contributed by atoms with E-state index in [0.717, 1.165) is 17.6 Å². The number of nitrogens with one attached hydrogen (secondary N) is 3. The second kappa shape index (κ2) is 6.41. The normalized spacial score (nSPS) is 10.9. The van der Waals surface area contributed by atoms with E-state index in [9.17, 15) is 9.59 Å². The van der Waals surface area contributed by atoms with Gasteiger partial charge in [0, 0.05) is 30.2 Å². The molecule has 1 aromatic carbocycles. The lowest BCUT2D eigenvalue weighted by molar-refractivity contribution is 0.250. The summed E-state index contributed by atoms with van der Waals surface area (Å²) in [4.78, 5) is 29.1. The third-order valence-electron chi connectivity index (χ3n) is 3.13. The summed E-state index contributed by atoms with van der Waals surface area (Å²) in [6.07, 6.45) is 1.52. The van der Waals surface area contributed by atoms with Gasteiger partial charge in [-0.05, 0) is 33.2 Å². The third kappa shape index (κ3) is 3.82. The fourth-order valence-corrected chi connectivity index (χ4v) is 1.98. The van der Waals surface area contributed by atoms with Gasteiger partial charge in [-0.15, -0.1) is 0 Å². The number of hydrogen-bond acceptors (Lipinski definition) is 3. The standard InChI is InChI=1S/C15H20N4O2/c1-10-4-5-12-11(8-10)14(20)13(9-17-12)18-15(21)16-6-7-19(2)3/h4-5,8-9H,6-7H2,1-3H3,(H,17,20)(H2,16,18,21). The Morgan fingerprint density at radius 3 is 2.81 bits per heavy atom. The predicted molar refractivity (Wildman–Crippen MR) is 84.9 cm³/mol. The number of rotatable bonds is 4. The van der Waals surface area contributed by atoms with Crippen LogP contribution in [0.4, 0.5) is 10.5 Å². The van der Waals surface area contributed by atoms with Crippen LogP contribution in [0.2, 0.25) is 0 Å². The van der Waals surface area contributed by atoms with Crippen LogP contribution >= 0.6 is 0 Å². The molecule has 0 radical (unpaired) electrons. The van der Waals surface area contributed by atoms with Crippen LogP contribution in [0.1, 0.15) is 5.56 Å². The molecule has 0 aliphatic rings. The number of carbonyl (C=O) groups excluding carboxylic acids is 1. The highest BCUT2D eigenvalue weighted by molar-refractivity contribution is 5.91. The summed E-state index contributed by atoms with van der Waals surface area (Å²) in [5, 5.41) is 5.86. The van der Waals surface area contributed by atoms with Gasteiger partial charge in [-0.3, -0.25) is 4.79 Å². The van der Waals surface area contributed by atoms with Crippen molar-refractivity contribution in [3.05, 3.63) is 40.2 Å². The van der Waals surface area contributed by atoms with E-state index in [1.165, 1.54) is 6.20 Å². The van der Waals surface area contributed by atoms with Crippen molar-refractivity contribution in [2.75, 3.05) is 32.5 Å². The molecule has 6 heteroatoms. The number of carbonyl (C=O) groups is 1. The van der Waals surface area contributed by atoms with Crippen LogP contribution in [0, 0.1) is 6.92 Å². The number of anilines is 1. The van der Waals surface area contributed by atoms with Gasteiger partial charge in [0.1, 0.15) is 5.69 Å². The number of H-pyrrole nitrogens is 1. The van der Waals surface area contributed by atoms with Gasteiger partial charge >= 0.3 is 6.03 Å². The Bertz CT molecular complexity index is 706. The smallest absolute Gasteiger partial charge is 0.319 e. The Kier molecular flexibility index (Phi) is 4.59. The lowest BCUT2D eigenvalue weighted by Gasteiger charge is -2.11. The van der Waals surface area contributed by atoms with E-state index in [4.69, 9.17) is 0 Å². The van der Waals surface area contributed by atoms with Crippen molar-refractivity contribution < 1.29 is 4.79 Å². The van der Waals surface area contributed by atoms with E-state index in [2.05, 4.69) is 15.6 Å². The average Bonchev–Trinajstić information content (AvgIpc) is 2.42. The quantitative estimate of drug-likeness (QED) is 0.798. The molecule has 2 amide bonds. The summed E-state index contributed by atoms with van der Waals surface area (Å²) in [6, 6.07) is 5.21. The minimum absolute atomic E-state index is 0.185. The number of hydrogen-bond donors (Lipinski definition) is 3. The molecule has 2 aromatic rings. The van der Waals surface area contributed by atoms with Gasteiger partial charge < -0.3 is 20.5 Å². The topological polar surface area (TPSA) is 77.2 Å². The Hall–Kier alpha value is -2.34. The number of aromatic amines is 1. The summed E-state index contributed by atoms with van der Waals surface area (Å²) in [6.45, 7) is 3.18. The molecule has 0 aliphatic heterocycles. The Balaban J connectivity index is 2.14. The third-order valence-corrected chi connectivity index (χ3v) is 3.13. The predicted octanol–water partition coefficient (Wildman–Crippen LogP) is 1.52. The van der Waals surface area contributed by atoms with Gasteiger partial charge in [-0.25, -0.2) is 4.79 Å². The zero-order valence-electron chi connectivity index (χ0n) is 12.5. The molecule has 1 aromatic heterocycles. The molecule has 0 saturated heterocycles. The minimum Gasteiger partial charge on any atom is -0.359 e. The number of nitrogens with zero attached hydrogens (tertiary/aromatic N) is 1. The van der Waals surface area contributed by atoms with E-state index >= 15 is 0 Å². The van der Waals surface area contributed by atoms with Crippen molar-refractivity contribution in [1.82, 2.24) is 15.2 Å². The van der Waals surface area contributed by atoms with E-state index < -0.39 is 0 Å². The van der Waals surface area contributed by atoms with Crippen molar-refractivity contribution in [1.29, 1.82) is 0 Å².